The summed E-state index contributed by atoms with van der Waals surface area (Å²) < 4.78 is 0. The minimum atomic E-state index is 0.111. The molecule has 0 spiro atoms. The summed E-state index contributed by atoms with van der Waals surface area (Å²) in [6, 6.07) is 0. The van der Waals surface area contributed by atoms with E-state index in [9.17, 15) is 0 Å². The molecule has 0 fully saturated rings. The molecule has 0 radical (unpaired) electrons. The van der Waals surface area contributed by atoms with E-state index in [1.165, 1.54) is 5.71 Å². The molecule has 0 bridgehead atoms. The van der Waals surface area contributed by atoms with Gasteiger partial charge in [-0.25, -0.2) is 0 Å². The fourth-order valence-corrected chi connectivity index (χ4v) is 0.652. The predicted molar refractivity (Wildman–Crippen MR) is 43.2 cm³/mol. The molecule has 1 heteroatoms. The predicted octanol–water partition coefficient (Wildman–Crippen LogP) is 2.66. The summed E-state index contributed by atoms with van der Waals surface area (Å²) in [6.07, 6.45) is 1.07. The smallest absolute Gasteiger partial charge is 0.0523 e. The summed E-state index contributed by atoms with van der Waals surface area (Å²) in [5.41, 5.74) is 1.35. The van der Waals surface area contributed by atoms with Gasteiger partial charge in [0.2, 0.25) is 0 Å². The molecule has 0 aromatic carbocycles. The number of rotatable bonds is 1. The second kappa shape index (κ2) is 3.00. The van der Waals surface area contributed by atoms with E-state index in [4.69, 9.17) is 0 Å². The quantitative estimate of drug-likeness (QED) is 0.480. The molecule has 54 valence electrons. The first-order valence-electron chi connectivity index (χ1n) is 3.51. The summed E-state index contributed by atoms with van der Waals surface area (Å²) in [4.78, 5) is 4.44. The van der Waals surface area contributed by atoms with E-state index in [1.807, 2.05) is 0 Å². The van der Waals surface area contributed by atoms with Gasteiger partial charge < -0.3 is 0 Å². The second-order valence-corrected chi connectivity index (χ2v) is 3.37. The van der Waals surface area contributed by atoms with Crippen LogP contribution in [0.3, 0.4) is 0 Å². The SMILES string of the molecule is CCC(C)=NC(C)(C)C. The van der Waals surface area contributed by atoms with Crippen molar-refractivity contribution < 1.29 is 0 Å². The fourth-order valence-electron chi connectivity index (χ4n) is 0.652. The molecule has 0 saturated heterocycles. The normalized spacial score (nSPS) is 14.1. The van der Waals surface area contributed by atoms with E-state index >= 15 is 0 Å². The fraction of sp³-hybridized carbons (Fsp3) is 0.875. The monoisotopic (exact) mass is 127 g/mol. The van der Waals surface area contributed by atoms with Crippen molar-refractivity contribution in [3.8, 4) is 0 Å². The molecule has 0 unspecified atom stereocenters. The maximum Gasteiger partial charge on any atom is 0.0523 e. The van der Waals surface area contributed by atoms with Crippen LogP contribution in [-0.2, 0) is 0 Å². The van der Waals surface area contributed by atoms with Gasteiger partial charge in [0.1, 0.15) is 0 Å². The van der Waals surface area contributed by atoms with Crippen LogP contribution in [0.25, 0.3) is 0 Å². The topological polar surface area (TPSA) is 12.4 Å². The molecule has 0 rings (SSSR count). The molecular weight excluding hydrogens is 110 g/mol. The van der Waals surface area contributed by atoms with Crippen LogP contribution in [0.2, 0.25) is 0 Å². The van der Waals surface area contributed by atoms with Crippen molar-refractivity contribution in [2.45, 2.75) is 46.6 Å². The molecule has 0 amide bonds. The maximum atomic E-state index is 4.44. The van der Waals surface area contributed by atoms with E-state index < -0.39 is 0 Å². The highest BCUT2D eigenvalue weighted by atomic mass is 14.8. The highest BCUT2D eigenvalue weighted by Gasteiger charge is 2.05. The third-order valence-corrected chi connectivity index (χ3v) is 1.04. The van der Waals surface area contributed by atoms with Gasteiger partial charge in [0.05, 0.1) is 5.54 Å². The highest BCUT2D eigenvalue weighted by Crippen LogP contribution is 2.07. The lowest BCUT2D eigenvalue weighted by Crippen LogP contribution is -2.12. The zero-order valence-corrected chi connectivity index (χ0v) is 7.15. The third-order valence-electron chi connectivity index (χ3n) is 1.04. The first-order chi connectivity index (χ1) is 3.95. The van der Waals surface area contributed by atoms with E-state index in [-0.39, 0.29) is 5.54 Å². The van der Waals surface area contributed by atoms with Gasteiger partial charge in [-0.05, 0) is 34.1 Å². The Hall–Kier alpha value is -0.330. The van der Waals surface area contributed by atoms with Gasteiger partial charge >= 0.3 is 0 Å². The van der Waals surface area contributed by atoms with Crippen LogP contribution in [0.15, 0.2) is 4.99 Å². The number of nitrogens with zero attached hydrogens (tertiary/aromatic N) is 1. The lowest BCUT2D eigenvalue weighted by molar-refractivity contribution is 0.582. The van der Waals surface area contributed by atoms with Gasteiger partial charge in [-0.3, -0.25) is 4.99 Å². The summed E-state index contributed by atoms with van der Waals surface area (Å²) >= 11 is 0. The summed E-state index contributed by atoms with van der Waals surface area (Å²) in [6.45, 7) is 10.6. The summed E-state index contributed by atoms with van der Waals surface area (Å²) in [5.74, 6) is 0. The zero-order valence-electron chi connectivity index (χ0n) is 7.15. The number of hydrogen-bond donors (Lipinski definition) is 0. The molecule has 0 aromatic heterocycles. The standard InChI is InChI=1S/C8H17N/c1-6-7(2)9-8(3,4)5/h6H2,1-5H3. The Labute approximate surface area is 58.2 Å². The highest BCUT2D eigenvalue weighted by molar-refractivity contribution is 5.81. The molecule has 0 aliphatic carbocycles. The number of aliphatic imine (C=N–C) groups is 1. The molecular formula is C8H17N. The Morgan fingerprint density at radius 3 is 1.89 bits per heavy atom. The molecule has 0 aromatic rings. The Morgan fingerprint density at radius 2 is 1.78 bits per heavy atom. The van der Waals surface area contributed by atoms with Crippen LogP contribution in [0.4, 0.5) is 0 Å². The molecule has 0 saturated carbocycles. The van der Waals surface area contributed by atoms with E-state index in [1.54, 1.807) is 0 Å². The molecule has 9 heavy (non-hydrogen) atoms. The molecule has 0 atom stereocenters. The Balaban J connectivity index is 3.95. The first-order valence-corrected chi connectivity index (χ1v) is 3.51. The van der Waals surface area contributed by atoms with Crippen molar-refractivity contribution in [2.75, 3.05) is 0 Å². The third kappa shape index (κ3) is 5.54. The van der Waals surface area contributed by atoms with Crippen LogP contribution in [-0.4, -0.2) is 11.3 Å². The molecule has 0 aliphatic rings. The second-order valence-electron chi connectivity index (χ2n) is 3.37. The van der Waals surface area contributed by atoms with Gasteiger partial charge in [0.25, 0.3) is 0 Å². The van der Waals surface area contributed by atoms with Gasteiger partial charge in [-0.15, -0.1) is 0 Å². The molecule has 0 heterocycles. The minimum absolute atomic E-state index is 0.111. The summed E-state index contributed by atoms with van der Waals surface area (Å²) in [7, 11) is 0. The van der Waals surface area contributed by atoms with E-state index in [2.05, 4.69) is 39.6 Å². The van der Waals surface area contributed by atoms with Gasteiger partial charge in [0.15, 0.2) is 0 Å². The largest absolute Gasteiger partial charge is 0.289 e. The van der Waals surface area contributed by atoms with E-state index in [0.717, 1.165) is 6.42 Å². The Kier molecular flexibility index (Phi) is 2.89. The van der Waals surface area contributed by atoms with Crippen molar-refractivity contribution in [3.05, 3.63) is 0 Å². The average molecular weight is 127 g/mol. The minimum Gasteiger partial charge on any atom is -0.289 e. The molecule has 0 aliphatic heterocycles. The van der Waals surface area contributed by atoms with Crippen LogP contribution < -0.4 is 0 Å². The summed E-state index contributed by atoms with van der Waals surface area (Å²) in [5, 5.41) is 0. The van der Waals surface area contributed by atoms with Crippen molar-refractivity contribution in [1.29, 1.82) is 0 Å². The first kappa shape index (κ1) is 8.67. The maximum absolute atomic E-state index is 4.44. The van der Waals surface area contributed by atoms with E-state index in [0.29, 0.717) is 0 Å². The van der Waals surface area contributed by atoms with Crippen molar-refractivity contribution in [3.63, 3.8) is 0 Å². The van der Waals surface area contributed by atoms with Gasteiger partial charge in [-0.1, -0.05) is 6.92 Å². The lowest BCUT2D eigenvalue weighted by atomic mass is 10.1. The Bertz CT molecular complexity index is 106. The Morgan fingerprint density at radius 1 is 1.33 bits per heavy atom. The lowest BCUT2D eigenvalue weighted by Gasteiger charge is -2.12. The average Bonchev–Trinajstić information content (AvgIpc) is 1.62. The van der Waals surface area contributed by atoms with Crippen LogP contribution >= 0.6 is 0 Å². The van der Waals surface area contributed by atoms with Crippen molar-refractivity contribution >= 4 is 5.71 Å². The molecule has 0 N–H and O–H groups in total. The van der Waals surface area contributed by atoms with Crippen LogP contribution in [0.5, 0.6) is 0 Å². The van der Waals surface area contributed by atoms with Crippen LogP contribution in [0, 0.1) is 0 Å². The molecule has 1 nitrogen and oxygen atoms in total. The van der Waals surface area contributed by atoms with Crippen molar-refractivity contribution in [1.82, 2.24) is 0 Å². The van der Waals surface area contributed by atoms with Crippen molar-refractivity contribution in [2.24, 2.45) is 4.99 Å². The van der Waals surface area contributed by atoms with Crippen LogP contribution in [0.1, 0.15) is 41.0 Å². The zero-order chi connectivity index (χ0) is 7.49. The number of hydrogen-bond acceptors (Lipinski definition) is 1. The van der Waals surface area contributed by atoms with Gasteiger partial charge in [-0.2, -0.15) is 0 Å². The van der Waals surface area contributed by atoms with Gasteiger partial charge in [0, 0.05) is 5.71 Å².